The number of rotatable bonds is 4. The zero-order chi connectivity index (χ0) is 13.8. The molecule has 2 rings (SSSR count). The van der Waals surface area contributed by atoms with E-state index >= 15 is 0 Å². The summed E-state index contributed by atoms with van der Waals surface area (Å²) in [7, 11) is 1.60. The Hall–Kier alpha value is -1.84. The monoisotopic (exact) mass is 260 g/mol. The fourth-order valence-electron chi connectivity index (χ4n) is 2.61. The van der Waals surface area contributed by atoms with Crippen LogP contribution < -0.4 is 11.1 Å². The second-order valence-corrected chi connectivity index (χ2v) is 5.12. The van der Waals surface area contributed by atoms with Crippen LogP contribution in [-0.4, -0.2) is 18.7 Å². The molecular formula is C15H20N2O2. The SMILES string of the molecule is CNC(=O)Cc1ccc(N)c(C(=O)C2CCCC2)c1. The average molecular weight is 260 g/mol. The Morgan fingerprint density at radius 3 is 2.63 bits per heavy atom. The number of carbonyl (C=O) groups is 2. The van der Waals surface area contributed by atoms with Gasteiger partial charge in [-0.15, -0.1) is 0 Å². The fraction of sp³-hybridized carbons (Fsp3) is 0.467. The van der Waals surface area contributed by atoms with Gasteiger partial charge in [-0.05, 0) is 30.5 Å². The van der Waals surface area contributed by atoms with Gasteiger partial charge in [0.25, 0.3) is 0 Å². The summed E-state index contributed by atoms with van der Waals surface area (Å²) < 4.78 is 0. The quantitative estimate of drug-likeness (QED) is 0.642. The van der Waals surface area contributed by atoms with Crippen LogP contribution in [0.1, 0.15) is 41.6 Å². The first kappa shape index (κ1) is 13.6. The topological polar surface area (TPSA) is 72.2 Å². The smallest absolute Gasteiger partial charge is 0.224 e. The molecule has 0 spiro atoms. The van der Waals surface area contributed by atoms with E-state index in [0.29, 0.717) is 11.3 Å². The van der Waals surface area contributed by atoms with Gasteiger partial charge in [0.05, 0.1) is 6.42 Å². The van der Waals surface area contributed by atoms with Crippen LogP contribution in [0.5, 0.6) is 0 Å². The molecule has 0 unspecified atom stereocenters. The van der Waals surface area contributed by atoms with E-state index < -0.39 is 0 Å². The summed E-state index contributed by atoms with van der Waals surface area (Å²) in [4.78, 5) is 23.8. The normalized spacial score (nSPS) is 15.4. The van der Waals surface area contributed by atoms with Crippen molar-refractivity contribution >= 4 is 17.4 Å². The molecule has 0 atom stereocenters. The van der Waals surface area contributed by atoms with Crippen molar-refractivity contribution in [1.82, 2.24) is 5.32 Å². The number of benzene rings is 1. The molecule has 19 heavy (non-hydrogen) atoms. The average Bonchev–Trinajstić information content (AvgIpc) is 2.94. The highest BCUT2D eigenvalue weighted by Gasteiger charge is 2.25. The van der Waals surface area contributed by atoms with Gasteiger partial charge >= 0.3 is 0 Å². The Labute approximate surface area is 113 Å². The second kappa shape index (κ2) is 5.87. The highest BCUT2D eigenvalue weighted by atomic mass is 16.1. The third-order valence-corrected chi connectivity index (χ3v) is 3.75. The van der Waals surface area contributed by atoms with Gasteiger partial charge in [0.1, 0.15) is 0 Å². The van der Waals surface area contributed by atoms with Crippen molar-refractivity contribution in [2.24, 2.45) is 5.92 Å². The van der Waals surface area contributed by atoms with Gasteiger partial charge < -0.3 is 11.1 Å². The van der Waals surface area contributed by atoms with Crippen LogP contribution in [0.25, 0.3) is 0 Å². The number of amides is 1. The Balaban J connectivity index is 2.21. The lowest BCUT2D eigenvalue weighted by molar-refractivity contribution is -0.119. The van der Waals surface area contributed by atoms with E-state index in [4.69, 9.17) is 5.73 Å². The maximum absolute atomic E-state index is 12.4. The van der Waals surface area contributed by atoms with Crippen LogP contribution in [0.3, 0.4) is 0 Å². The predicted molar refractivity (Wildman–Crippen MR) is 74.9 cm³/mol. The van der Waals surface area contributed by atoms with E-state index in [1.807, 2.05) is 0 Å². The lowest BCUT2D eigenvalue weighted by Crippen LogP contribution is -2.20. The number of carbonyl (C=O) groups excluding carboxylic acids is 2. The van der Waals surface area contributed by atoms with Gasteiger partial charge in [-0.1, -0.05) is 18.9 Å². The van der Waals surface area contributed by atoms with Crippen molar-refractivity contribution in [2.75, 3.05) is 12.8 Å². The number of likely N-dealkylation sites (N-methyl/N-ethyl adjacent to an activating group) is 1. The molecule has 1 aliphatic rings. The van der Waals surface area contributed by atoms with Gasteiger partial charge in [0.2, 0.25) is 5.91 Å². The molecule has 1 aromatic rings. The van der Waals surface area contributed by atoms with Crippen molar-refractivity contribution in [3.8, 4) is 0 Å². The summed E-state index contributed by atoms with van der Waals surface area (Å²) in [6.45, 7) is 0. The van der Waals surface area contributed by atoms with E-state index in [9.17, 15) is 9.59 Å². The first-order valence-corrected chi connectivity index (χ1v) is 6.75. The minimum absolute atomic E-state index is 0.0657. The van der Waals surface area contributed by atoms with Crippen LogP contribution in [0.15, 0.2) is 18.2 Å². The molecule has 0 heterocycles. The number of anilines is 1. The molecule has 0 aliphatic heterocycles. The molecule has 1 fully saturated rings. The first-order valence-electron chi connectivity index (χ1n) is 6.75. The minimum Gasteiger partial charge on any atom is -0.398 e. The van der Waals surface area contributed by atoms with E-state index in [1.165, 1.54) is 0 Å². The first-order chi connectivity index (χ1) is 9.11. The van der Waals surface area contributed by atoms with Crippen LogP contribution >= 0.6 is 0 Å². The van der Waals surface area contributed by atoms with Gasteiger partial charge in [0.15, 0.2) is 5.78 Å². The third-order valence-electron chi connectivity index (χ3n) is 3.75. The maximum atomic E-state index is 12.4. The zero-order valence-electron chi connectivity index (χ0n) is 11.2. The van der Waals surface area contributed by atoms with Crippen LogP contribution in [-0.2, 0) is 11.2 Å². The molecule has 1 aromatic carbocycles. The summed E-state index contributed by atoms with van der Waals surface area (Å²) in [5.74, 6) is 0.176. The molecule has 1 amide bonds. The number of hydrogen-bond acceptors (Lipinski definition) is 3. The van der Waals surface area contributed by atoms with E-state index in [2.05, 4.69) is 5.32 Å². The highest BCUT2D eigenvalue weighted by Crippen LogP contribution is 2.30. The molecule has 0 saturated heterocycles. The van der Waals surface area contributed by atoms with Crippen molar-refractivity contribution in [2.45, 2.75) is 32.1 Å². The largest absolute Gasteiger partial charge is 0.398 e. The Morgan fingerprint density at radius 2 is 2.00 bits per heavy atom. The van der Waals surface area contributed by atoms with Crippen LogP contribution in [0.4, 0.5) is 5.69 Å². The summed E-state index contributed by atoms with van der Waals surface area (Å²) in [6, 6.07) is 5.29. The molecule has 0 radical (unpaired) electrons. The summed E-state index contributed by atoms with van der Waals surface area (Å²) in [5, 5.41) is 2.58. The van der Waals surface area contributed by atoms with Crippen molar-refractivity contribution in [3.05, 3.63) is 29.3 Å². The van der Waals surface area contributed by atoms with E-state index in [-0.39, 0.29) is 24.0 Å². The Kier molecular flexibility index (Phi) is 4.20. The molecule has 0 aromatic heterocycles. The number of hydrogen-bond donors (Lipinski definition) is 2. The zero-order valence-corrected chi connectivity index (χ0v) is 11.2. The van der Waals surface area contributed by atoms with Gasteiger partial charge in [0, 0.05) is 24.2 Å². The highest BCUT2D eigenvalue weighted by molar-refractivity contribution is 6.02. The number of ketones is 1. The van der Waals surface area contributed by atoms with Gasteiger partial charge in [-0.25, -0.2) is 0 Å². The van der Waals surface area contributed by atoms with Crippen LogP contribution in [0, 0.1) is 5.92 Å². The number of nitrogen functional groups attached to an aromatic ring is 1. The predicted octanol–water partition coefficient (Wildman–Crippen LogP) is 1.93. The molecule has 102 valence electrons. The number of nitrogens with one attached hydrogen (secondary N) is 1. The number of Topliss-reactive ketones (excluding diaryl/α,β-unsaturated/α-hetero) is 1. The van der Waals surface area contributed by atoms with Crippen molar-refractivity contribution < 1.29 is 9.59 Å². The lowest BCUT2D eigenvalue weighted by atomic mass is 9.93. The van der Waals surface area contributed by atoms with E-state index in [1.54, 1.807) is 25.2 Å². The number of nitrogens with two attached hydrogens (primary N) is 1. The summed E-state index contributed by atoms with van der Waals surface area (Å²) in [5.41, 5.74) is 7.82. The molecule has 3 N–H and O–H groups in total. The molecular weight excluding hydrogens is 240 g/mol. The fourth-order valence-corrected chi connectivity index (χ4v) is 2.61. The Bertz CT molecular complexity index is 491. The molecule has 4 heteroatoms. The standard InChI is InChI=1S/C15H20N2O2/c1-17-14(18)9-10-6-7-13(16)12(8-10)15(19)11-4-2-3-5-11/h6-8,11H,2-5,9,16H2,1H3,(H,17,18). The van der Waals surface area contributed by atoms with Gasteiger partial charge in [-0.2, -0.15) is 0 Å². The van der Waals surface area contributed by atoms with Crippen molar-refractivity contribution in [1.29, 1.82) is 0 Å². The molecule has 1 saturated carbocycles. The second-order valence-electron chi connectivity index (χ2n) is 5.12. The van der Waals surface area contributed by atoms with Crippen molar-refractivity contribution in [3.63, 3.8) is 0 Å². The minimum atomic E-state index is -0.0657. The third kappa shape index (κ3) is 3.13. The molecule has 1 aliphatic carbocycles. The molecule has 0 bridgehead atoms. The Morgan fingerprint density at radius 1 is 1.32 bits per heavy atom. The van der Waals surface area contributed by atoms with E-state index in [0.717, 1.165) is 31.2 Å². The summed E-state index contributed by atoms with van der Waals surface area (Å²) >= 11 is 0. The maximum Gasteiger partial charge on any atom is 0.224 e. The van der Waals surface area contributed by atoms with Gasteiger partial charge in [-0.3, -0.25) is 9.59 Å². The van der Waals surface area contributed by atoms with Crippen LogP contribution in [0.2, 0.25) is 0 Å². The molecule has 4 nitrogen and oxygen atoms in total. The lowest BCUT2D eigenvalue weighted by Gasteiger charge is -2.12. The summed E-state index contributed by atoms with van der Waals surface area (Å²) in [6.07, 6.45) is 4.43.